The second kappa shape index (κ2) is 13.4. The zero-order valence-corrected chi connectivity index (χ0v) is 28.5. The molecule has 1 aliphatic rings. The minimum absolute atomic E-state index is 0.149. The largest absolute Gasteiger partial charge is 0.341 e. The maximum absolute atomic E-state index is 13.9. The van der Waals surface area contributed by atoms with E-state index in [4.69, 9.17) is 9.97 Å². The predicted octanol–water partition coefficient (Wildman–Crippen LogP) is 8.04. The number of nitrogens with one attached hydrogen (secondary N) is 3. The number of hydrogen-bond acceptors (Lipinski definition) is 5. The number of pyridine rings is 1. The Hall–Kier alpha value is -6.38. The van der Waals surface area contributed by atoms with E-state index in [0.29, 0.717) is 23.6 Å². The van der Waals surface area contributed by atoms with E-state index in [0.717, 1.165) is 44.4 Å². The van der Waals surface area contributed by atoms with Gasteiger partial charge < -0.3 is 10.6 Å². The summed E-state index contributed by atoms with van der Waals surface area (Å²) in [5, 5.41) is 11.6. The number of fused-ring (bicyclic) bond motifs is 2. The number of imidazole rings is 1. The number of hydrogen-bond donors (Lipinski definition) is 3. The Balaban J connectivity index is 1.24. The third kappa shape index (κ3) is 5.73. The van der Waals surface area contributed by atoms with Crippen LogP contribution in [-0.4, -0.2) is 43.2 Å². The van der Waals surface area contributed by atoms with Crippen molar-refractivity contribution in [1.82, 2.24) is 35.4 Å². The standard InChI is InChI=1S/C44H37N7O/c52-43(49-39(29-46-35-21-22-35)30-13-5-1-6-14-30)42-47-37-27-36-40(28-38(37)48-42)51(50-41(36)31-23-25-45-26-24-31)44(32-15-7-2-8-16-32,33-17-9-3-10-18-33)34-19-11-4-12-20-34/h1-20,23-28,35,39,46,50H,21-22,29H2,(H,49,52)/t39-/m1/s1. The summed E-state index contributed by atoms with van der Waals surface area (Å²) in [6.45, 7) is 0.639. The fourth-order valence-corrected chi connectivity index (χ4v) is 7.38. The van der Waals surface area contributed by atoms with E-state index in [9.17, 15) is 4.79 Å². The van der Waals surface area contributed by atoms with E-state index < -0.39 is 5.54 Å². The van der Waals surface area contributed by atoms with Gasteiger partial charge in [0.05, 0.1) is 28.3 Å². The predicted molar refractivity (Wildman–Crippen MR) is 205 cm³/mol. The number of benzene rings is 5. The molecule has 1 saturated carbocycles. The Morgan fingerprint density at radius 2 is 1.27 bits per heavy atom. The summed E-state index contributed by atoms with van der Waals surface area (Å²) >= 11 is 0. The second-order valence-corrected chi connectivity index (χ2v) is 13.4. The number of aromatic nitrogens is 5. The van der Waals surface area contributed by atoms with Crippen LogP contribution in [0.25, 0.3) is 33.2 Å². The molecule has 8 heteroatoms. The van der Waals surface area contributed by atoms with Gasteiger partial charge in [0.25, 0.3) is 5.91 Å². The van der Waals surface area contributed by atoms with Gasteiger partial charge in [-0.2, -0.15) is 0 Å². The molecule has 0 bridgehead atoms. The molecule has 1 aliphatic carbocycles. The molecule has 52 heavy (non-hydrogen) atoms. The topological polar surface area (TPSA) is 101 Å². The highest BCUT2D eigenvalue weighted by Gasteiger charge is 2.40. The lowest BCUT2D eigenvalue weighted by Gasteiger charge is -2.37. The number of carbonyl (C=O) groups excluding carboxylic acids is 1. The Bertz CT molecular complexity index is 2360. The van der Waals surface area contributed by atoms with Crippen LogP contribution in [0.5, 0.6) is 0 Å². The van der Waals surface area contributed by atoms with Crippen LogP contribution in [0.2, 0.25) is 0 Å². The Morgan fingerprint density at radius 1 is 0.731 bits per heavy atom. The fraction of sp³-hybridized carbons (Fsp3) is 0.136. The van der Waals surface area contributed by atoms with Crippen LogP contribution in [0, 0.1) is 0 Å². The molecule has 5 aromatic carbocycles. The number of rotatable bonds is 11. The normalized spacial score (nSPS) is 13.7. The molecule has 9 rings (SSSR count). The maximum Gasteiger partial charge on any atom is 0.289 e. The molecule has 8 nitrogen and oxygen atoms in total. The van der Waals surface area contributed by atoms with E-state index in [1.165, 1.54) is 12.8 Å². The van der Waals surface area contributed by atoms with Gasteiger partial charge in [-0.25, -0.2) is 9.97 Å². The molecular formula is C44H37N7O. The highest BCUT2D eigenvalue weighted by Crippen LogP contribution is 2.44. The van der Waals surface area contributed by atoms with Gasteiger partial charge in [0.1, 0.15) is 5.54 Å². The average molecular weight is 680 g/mol. The molecule has 254 valence electrons. The lowest BCUT2D eigenvalue weighted by molar-refractivity contribution is 0.0926. The van der Waals surface area contributed by atoms with Crippen LogP contribution in [0.1, 0.15) is 51.8 Å². The monoisotopic (exact) mass is 679 g/mol. The average Bonchev–Trinajstić information content (AvgIpc) is 3.84. The van der Waals surface area contributed by atoms with E-state index >= 15 is 0 Å². The summed E-state index contributed by atoms with van der Waals surface area (Å²) in [6, 6.07) is 50.2. The first-order valence-electron chi connectivity index (χ1n) is 17.8. The smallest absolute Gasteiger partial charge is 0.289 e. The first-order chi connectivity index (χ1) is 25.7. The van der Waals surface area contributed by atoms with Gasteiger partial charge in [-0.05, 0) is 59.4 Å². The highest BCUT2D eigenvalue weighted by atomic mass is 16.2. The molecule has 1 amide bonds. The van der Waals surface area contributed by atoms with Crippen LogP contribution in [0.4, 0.5) is 0 Å². The van der Waals surface area contributed by atoms with Crippen LogP contribution < -0.4 is 10.6 Å². The van der Waals surface area contributed by atoms with Gasteiger partial charge in [0, 0.05) is 35.9 Å². The van der Waals surface area contributed by atoms with Crippen molar-refractivity contribution in [3.05, 3.63) is 186 Å². The van der Waals surface area contributed by atoms with Crippen molar-refractivity contribution in [3.8, 4) is 11.3 Å². The third-order valence-electron chi connectivity index (χ3n) is 10.1. The number of aromatic amines is 1. The molecule has 0 radical (unpaired) electrons. The number of amides is 1. The molecular weight excluding hydrogens is 643 g/mol. The molecule has 0 spiro atoms. The summed E-state index contributed by atoms with van der Waals surface area (Å²) in [5.74, 6) is -0.153. The zero-order valence-electron chi connectivity index (χ0n) is 28.5. The Morgan fingerprint density at radius 3 is 1.83 bits per heavy atom. The third-order valence-corrected chi connectivity index (χ3v) is 10.1. The first kappa shape index (κ1) is 31.6. The van der Waals surface area contributed by atoms with Crippen molar-refractivity contribution in [3.63, 3.8) is 0 Å². The van der Waals surface area contributed by atoms with Crippen molar-refractivity contribution in [2.24, 2.45) is 0 Å². The molecule has 1 fully saturated rings. The van der Waals surface area contributed by atoms with Crippen LogP contribution in [0.3, 0.4) is 0 Å². The quantitative estimate of drug-likeness (QED) is 0.120. The van der Waals surface area contributed by atoms with Crippen molar-refractivity contribution in [1.29, 1.82) is 0 Å². The molecule has 3 N–H and O–H groups in total. The molecule has 1 atom stereocenters. The summed E-state index contributed by atoms with van der Waals surface area (Å²) in [7, 11) is 0. The maximum atomic E-state index is 13.9. The number of H-pyrrole nitrogens is 1. The second-order valence-electron chi connectivity index (χ2n) is 13.4. The first-order valence-corrected chi connectivity index (χ1v) is 17.8. The van der Waals surface area contributed by atoms with Gasteiger partial charge in [0.2, 0.25) is 5.82 Å². The van der Waals surface area contributed by atoms with Crippen LogP contribution in [0.15, 0.2) is 158 Å². The van der Waals surface area contributed by atoms with Gasteiger partial charge in [0.15, 0.2) is 0 Å². The highest BCUT2D eigenvalue weighted by molar-refractivity contribution is 6.03. The summed E-state index contributed by atoms with van der Waals surface area (Å²) in [6.07, 6.45) is 5.94. The minimum Gasteiger partial charge on any atom is -0.341 e. The lowest BCUT2D eigenvalue weighted by atomic mass is 9.77. The van der Waals surface area contributed by atoms with Crippen molar-refractivity contribution in [2.75, 3.05) is 6.54 Å². The van der Waals surface area contributed by atoms with Gasteiger partial charge in [-0.3, -0.25) is 19.6 Å². The molecule has 3 heterocycles. The summed E-state index contributed by atoms with van der Waals surface area (Å²) in [5.41, 5.74) is 7.59. The van der Waals surface area contributed by atoms with E-state index in [2.05, 4.69) is 104 Å². The van der Waals surface area contributed by atoms with Crippen molar-refractivity contribution < 1.29 is 4.79 Å². The van der Waals surface area contributed by atoms with Crippen molar-refractivity contribution in [2.45, 2.75) is 30.5 Å². The molecule has 3 aromatic heterocycles. The van der Waals surface area contributed by atoms with Crippen LogP contribution >= 0.6 is 0 Å². The molecule has 0 unspecified atom stereocenters. The Labute approximate surface area is 301 Å². The summed E-state index contributed by atoms with van der Waals surface area (Å²) < 4.78 is 2.25. The molecule has 0 aliphatic heterocycles. The fourth-order valence-electron chi connectivity index (χ4n) is 7.38. The SMILES string of the molecule is O=C(N[C@H](CNC1CC1)c1ccccc1)c1nc2cc3c(-c4ccncc4)[nH]n(C(c4ccccc4)(c4ccccc4)c4ccccc4)c3cc2n1. The molecule has 0 saturated heterocycles. The zero-order chi connectivity index (χ0) is 34.9. The van der Waals surface area contributed by atoms with E-state index in [1.807, 2.05) is 66.7 Å². The van der Waals surface area contributed by atoms with Crippen LogP contribution in [-0.2, 0) is 5.54 Å². The number of nitrogens with zero attached hydrogens (tertiary/aromatic N) is 4. The van der Waals surface area contributed by atoms with Gasteiger partial charge in [-0.1, -0.05) is 121 Å². The number of carbonyl (C=O) groups is 1. The van der Waals surface area contributed by atoms with E-state index in [-0.39, 0.29) is 17.8 Å². The lowest BCUT2D eigenvalue weighted by Crippen LogP contribution is -2.38. The minimum atomic E-state index is -0.807. The molecule has 8 aromatic rings. The van der Waals surface area contributed by atoms with Gasteiger partial charge >= 0.3 is 0 Å². The van der Waals surface area contributed by atoms with Gasteiger partial charge in [-0.15, -0.1) is 0 Å². The van der Waals surface area contributed by atoms with E-state index in [1.54, 1.807) is 12.4 Å². The van der Waals surface area contributed by atoms with Crippen molar-refractivity contribution >= 4 is 27.8 Å². The Kier molecular flexibility index (Phi) is 8.14. The summed E-state index contributed by atoms with van der Waals surface area (Å²) in [4.78, 5) is 27.9.